The van der Waals surface area contributed by atoms with Crippen LogP contribution in [0, 0.1) is 11.8 Å². The summed E-state index contributed by atoms with van der Waals surface area (Å²) >= 11 is 5.82. The van der Waals surface area contributed by atoms with Gasteiger partial charge in [0.05, 0.1) is 37.7 Å². The summed E-state index contributed by atoms with van der Waals surface area (Å²) in [5, 5.41) is 10.7. The van der Waals surface area contributed by atoms with E-state index in [-0.39, 0.29) is 36.8 Å². The lowest BCUT2D eigenvalue weighted by Crippen LogP contribution is -2.39. The molecule has 1 heterocycles. The molecule has 1 fully saturated rings. The molecule has 0 aromatic heterocycles. The van der Waals surface area contributed by atoms with Gasteiger partial charge in [-0.05, 0) is 30.5 Å². The van der Waals surface area contributed by atoms with Gasteiger partial charge >= 0.3 is 0 Å². The van der Waals surface area contributed by atoms with Crippen molar-refractivity contribution in [2.24, 2.45) is 11.8 Å². The van der Waals surface area contributed by atoms with Crippen molar-refractivity contribution in [2.75, 3.05) is 13.2 Å². The van der Waals surface area contributed by atoms with Gasteiger partial charge in [-0.1, -0.05) is 35.9 Å². The molecule has 1 aliphatic heterocycles. The molecule has 1 aromatic carbocycles. The summed E-state index contributed by atoms with van der Waals surface area (Å²) in [4.78, 5) is 25.8. The molecule has 0 saturated carbocycles. The van der Waals surface area contributed by atoms with Gasteiger partial charge in [0.25, 0.3) is 0 Å². The number of fused-ring (bicyclic) bond motifs is 1. The number of amides is 2. The zero-order valence-electron chi connectivity index (χ0n) is 13.2. The average molecular weight is 350 g/mol. The van der Waals surface area contributed by atoms with Crippen LogP contribution < -0.4 is 0 Å². The van der Waals surface area contributed by atoms with Crippen LogP contribution in [0.1, 0.15) is 18.4 Å². The first-order chi connectivity index (χ1) is 11.6. The summed E-state index contributed by atoms with van der Waals surface area (Å²) in [7, 11) is 0. The predicted molar refractivity (Wildman–Crippen MR) is 89.2 cm³/mol. The highest BCUT2D eigenvalue weighted by molar-refractivity contribution is 6.30. The molecule has 5 nitrogen and oxygen atoms in total. The molecule has 0 spiro atoms. The molecule has 1 aromatic rings. The van der Waals surface area contributed by atoms with E-state index >= 15 is 0 Å². The maximum absolute atomic E-state index is 12.3. The summed E-state index contributed by atoms with van der Waals surface area (Å²) in [6, 6.07) is 7.24. The molecule has 6 heteroatoms. The van der Waals surface area contributed by atoms with Crippen LogP contribution in [-0.4, -0.2) is 41.1 Å². The number of ether oxygens (including phenoxy) is 1. The molecule has 2 amide bonds. The number of rotatable bonds is 6. The third kappa shape index (κ3) is 3.69. The number of nitrogens with zero attached hydrogens (tertiary/aromatic N) is 1. The predicted octanol–water partition coefficient (Wildman–Crippen LogP) is 2.17. The monoisotopic (exact) mass is 349 g/mol. The summed E-state index contributed by atoms with van der Waals surface area (Å²) in [6.07, 6.45) is 4.21. The van der Waals surface area contributed by atoms with Gasteiger partial charge in [-0.3, -0.25) is 14.5 Å². The number of aliphatic hydroxyl groups excluding tert-OH is 1. The van der Waals surface area contributed by atoms with Crippen LogP contribution in [0.4, 0.5) is 0 Å². The van der Waals surface area contributed by atoms with Gasteiger partial charge in [0.15, 0.2) is 0 Å². The Morgan fingerprint density at radius 2 is 1.71 bits per heavy atom. The molecule has 128 valence electrons. The van der Waals surface area contributed by atoms with E-state index in [1.807, 2.05) is 24.3 Å². The topological polar surface area (TPSA) is 66.8 Å². The molecule has 0 bridgehead atoms. The number of halogens is 1. The highest BCUT2D eigenvalue weighted by Crippen LogP contribution is 2.35. The lowest BCUT2D eigenvalue weighted by atomic mass is 9.85. The minimum atomic E-state index is -0.890. The highest BCUT2D eigenvalue weighted by Gasteiger charge is 2.47. The minimum absolute atomic E-state index is 0.00865. The van der Waals surface area contributed by atoms with Gasteiger partial charge < -0.3 is 9.84 Å². The van der Waals surface area contributed by atoms with Crippen molar-refractivity contribution in [1.29, 1.82) is 0 Å². The number of imide groups is 1. The van der Waals surface area contributed by atoms with Gasteiger partial charge in [-0.15, -0.1) is 0 Å². The largest absolute Gasteiger partial charge is 0.389 e. The van der Waals surface area contributed by atoms with Gasteiger partial charge in [-0.25, -0.2) is 0 Å². The van der Waals surface area contributed by atoms with Crippen LogP contribution >= 0.6 is 11.6 Å². The van der Waals surface area contributed by atoms with Gasteiger partial charge in [-0.2, -0.15) is 0 Å². The summed E-state index contributed by atoms with van der Waals surface area (Å²) in [6.45, 7) is 0.393. The number of carbonyl (C=O) groups excluding carboxylic acids is 2. The van der Waals surface area contributed by atoms with Crippen molar-refractivity contribution in [3.63, 3.8) is 0 Å². The second-order valence-electron chi connectivity index (χ2n) is 6.24. The van der Waals surface area contributed by atoms with E-state index in [1.54, 1.807) is 12.1 Å². The smallest absolute Gasteiger partial charge is 0.233 e. The Kier molecular flexibility index (Phi) is 5.33. The fourth-order valence-electron chi connectivity index (χ4n) is 3.21. The molecule has 1 saturated heterocycles. The average Bonchev–Trinajstić information content (AvgIpc) is 2.82. The molecule has 0 radical (unpaired) electrons. The first kappa shape index (κ1) is 17.1. The normalized spacial score (nSPS) is 24.3. The SMILES string of the molecule is O=C1C2CC=CCC2C(=O)N1CC(O)COCc1ccc(Cl)cc1. The van der Waals surface area contributed by atoms with Crippen LogP contribution in [0.5, 0.6) is 0 Å². The molecule has 3 unspecified atom stereocenters. The molecule has 24 heavy (non-hydrogen) atoms. The Hall–Kier alpha value is -1.69. The van der Waals surface area contributed by atoms with Gasteiger partial charge in [0.1, 0.15) is 0 Å². The van der Waals surface area contributed by atoms with Crippen LogP contribution in [0.2, 0.25) is 5.02 Å². The van der Waals surface area contributed by atoms with E-state index in [1.165, 1.54) is 4.90 Å². The maximum atomic E-state index is 12.3. The Morgan fingerprint density at radius 1 is 1.12 bits per heavy atom. The van der Waals surface area contributed by atoms with Crippen molar-refractivity contribution in [3.8, 4) is 0 Å². The van der Waals surface area contributed by atoms with Gasteiger partial charge in [0.2, 0.25) is 11.8 Å². The number of hydrogen-bond donors (Lipinski definition) is 1. The van der Waals surface area contributed by atoms with Crippen LogP contribution in [0.25, 0.3) is 0 Å². The lowest BCUT2D eigenvalue weighted by molar-refractivity contribution is -0.142. The van der Waals surface area contributed by atoms with Gasteiger partial charge in [0, 0.05) is 5.02 Å². The second-order valence-corrected chi connectivity index (χ2v) is 6.67. The molecular weight excluding hydrogens is 330 g/mol. The zero-order valence-corrected chi connectivity index (χ0v) is 14.0. The Bertz CT molecular complexity index is 617. The van der Waals surface area contributed by atoms with Crippen molar-refractivity contribution in [2.45, 2.75) is 25.6 Å². The molecule has 3 rings (SSSR count). The summed E-state index contributed by atoms with van der Waals surface area (Å²) in [5.41, 5.74) is 0.942. The number of likely N-dealkylation sites (tertiary alicyclic amines) is 1. The highest BCUT2D eigenvalue weighted by atomic mass is 35.5. The number of carbonyl (C=O) groups is 2. The fraction of sp³-hybridized carbons (Fsp3) is 0.444. The summed E-state index contributed by atoms with van der Waals surface area (Å²) < 4.78 is 5.47. The quantitative estimate of drug-likeness (QED) is 0.631. The molecule has 1 aliphatic carbocycles. The number of allylic oxidation sites excluding steroid dienone is 2. The Labute approximate surface area is 145 Å². The Balaban J connectivity index is 1.48. The first-order valence-corrected chi connectivity index (χ1v) is 8.44. The number of β-amino-alcohol motifs (C(OH)–C–C–N with tert-alkyl or cyclic N) is 1. The van der Waals surface area contributed by atoms with E-state index in [0.29, 0.717) is 24.5 Å². The minimum Gasteiger partial charge on any atom is -0.389 e. The molecule has 1 N–H and O–H groups in total. The van der Waals surface area contributed by atoms with Crippen molar-refractivity contribution >= 4 is 23.4 Å². The zero-order chi connectivity index (χ0) is 17.1. The maximum Gasteiger partial charge on any atom is 0.233 e. The summed E-state index contributed by atoms with van der Waals surface area (Å²) in [5.74, 6) is -0.869. The standard InChI is InChI=1S/C18H20ClNO4/c19-13-7-5-12(6-8-13)10-24-11-14(21)9-20-17(22)15-3-1-2-4-16(15)18(20)23/h1-2,5-8,14-16,21H,3-4,9-11H2. The lowest BCUT2D eigenvalue weighted by Gasteiger charge is -2.19. The van der Waals surface area contributed by atoms with Crippen molar-refractivity contribution in [1.82, 2.24) is 4.90 Å². The van der Waals surface area contributed by atoms with E-state index < -0.39 is 6.10 Å². The van der Waals surface area contributed by atoms with E-state index in [4.69, 9.17) is 16.3 Å². The molecular formula is C18H20ClNO4. The molecule has 3 atom stereocenters. The third-order valence-corrected chi connectivity index (χ3v) is 4.74. The second kappa shape index (κ2) is 7.47. The van der Waals surface area contributed by atoms with E-state index in [0.717, 1.165) is 5.56 Å². The molecule has 2 aliphatic rings. The Morgan fingerprint density at radius 3 is 2.29 bits per heavy atom. The van der Waals surface area contributed by atoms with Crippen LogP contribution in [-0.2, 0) is 20.9 Å². The van der Waals surface area contributed by atoms with E-state index in [9.17, 15) is 14.7 Å². The third-order valence-electron chi connectivity index (χ3n) is 4.48. The van der Waals surface area contributed by atoms with Crippen LogP contribution in [0.15, 0.2) is 36.4 Å². The number of aliphatic hydroxyl groups is 1. The van der Waals surface area contributed by atoms with Crippen molar-refractivity contribution in [3.05, 3.63) is 47.0 Å². The van der Waals surface area contributed by atoms with E-state index in [2.05, 4.69) is 0 Å². The first-order valence-electron chi connectivity index (χ1n) is 8.06. The number of benzene rings is 1. The van der Waals surface area contributed by atoms with Crippen LogP contribution in [0.3, 0.4) is 0 Å². The number of hydrogen-bond acceptors (Lipinski definition) is 4. The fourth-order valence-corrected chi connectivity index (χ4v) is 3.33. The van der Waals surface area contributed by atoms with Crippen molar-refractivity contribution < 1.29 is 19.4 Å².